The van der Waals surface area contributed by atoms with E-state index >= 15 is 0 Å². The molecule has 162 valence electrons. The molecule has 3 aromatic carbocycles. The maximum atomic E-state index is 12.6. The third-order valence-electron chi connectivity index (χ3n) is 5.05. The molecule has 0 atom stereocenters. The zero-order valence-electron chi connectivity index (χ0n) is 18.1. The number of anilines is 1. The first-order valence-corrected chi connectivity index (χ1v) is 10.4. The summed E-state index contributed by atoms with van der Waals surface area (Å²) in [5, 5.41) is 7.72. The molecule has 0 aliphatic carbocycles. The summed E-state index contributed by atoms with van der Waals surface area (Å²) in [6, 6.07) is 27.2. The van der Waals surface area contributed by atoms with Gasteiger partial charge in [-0.2, -0.15) is 5.10 Å². The quantitative estimate of drug-likeness (QED) is 0.429. The largest absolute Gasteiger partial charge is 0.497 e. The average molecular weight is 428 g/mol. The standard InChI is InChI=1S/C26H25N3O3/c1-19-8-6-7-11-24(19)29-25(16-23(28-29)21-12-14-22(31-2)15-13-21)27-26(30)18-32-17-20-9-4-3-5-10-20/h3-16H,17-18H2,1-2H3,(H,27,30). The molecule has 1 amide bonds. The SMILES string of the molecule is COc1ccc(-c2cc(NC(=O)COCc3ccccc3)n(-c3ccccc3C)n2)cc1. The Morgan fingerprint density at radius 3 is 2.41 bits per heavy atom. The summed E-state index contributed by atoms with van der Waals surface area (Å²) < 4.78 is 12.6. The number of carbonyl (C=O) groups excluding carboxylic acids is 1. The molecule has 0 aliphatic heterocycles. The number of ether oxygens (including phenoxy) is 2. The molecular formula is C26H25N3O3. The topological polar surface area (TPSA) is 65.4 Å². The lowest BCUT2D eigenvalue weighted by Crippen LogP contribution is -2.20. The molecule has 0 unspecified atom stereocenters. The van der Waals surface area contributed by atoms with Crippen LogP contribution in [-0.4, -0.2) is 29.4 Å². The van der Waals surface area contributed by atoms with Crippen LogP contribution < -0.4 is 10.1 Å². The van der Waals surface area contributed by atoms with Gasteiger partial charge in [0.2, 0.25) is 0 Å². The van der Waals surface area contributed by atoms with Gasteiger partial charge >= 0.3 is 0 Å². The molecule has 6 nitrogen and oxygen atoms in total. The third-order valence-corrected chi connectivity index (χ3v) is 5.05. The summed E-state index contributed by atoms with van der Waals surface area (Å²) in [6.07, 6.45) is 0. The van der Waals surface area contributed by atoms with E-state index in [4.69, 9.17) is 14.6 Å². The van der Waals surface area contributed by atoms with Crippen LogP contribution in [0.1, 0.15) is 11.1 Å². The minimum atomic E-state index is -0.239. The predicted octanol–water partition coefficient (Wildman–Crippen LogP) is 5.01. The van der Waals surface area contributed by atoms with E-state index in [0.29, 0.717) is 12.4 Å². The fourth-order valence-electron chi connectivity index (χ4n) is 3.37. The van der Waals surface area contributed by atoms with E-state index in [9.17, 15) is 4.79 Å². The minimum absolute atomic E-state index is 0.0499. The van der Waals surface area contributed by atoms with Crippen LogP contribution >= 0.6 is 0 Å². The highest BCUT2D eigenvalue weighted by Crippen LogP contribution is 2.27. The number of rotatable bonds is 8. The fraction of sp³-hybridized carbons (Fsp3) is 0.154. The molecule has 0 radical (unpaired) electrons. The van der Waals surface area contributed by atoms with Crippen LogP contribution in [0.15, 0.2) is 84.9 Å². The van der Waals surface area contributed by atoms with Crippen molar-refractivity contribution >= 4 is 11.7 Å². The number of benzene rings is 3. The van der Waals surface area contributed by atoms with E-state index < -0.39 is 0 Å². The highest BCUT2D eigenvalue weighted by Gasteiger charge is 2.15. The Labute approximate surface area is 187 Å². The zero-order valence-corrected chi connectivity index (χ0v) is 18.1. The summed E-state index contributed by atoms with van der Waals surface area (Å²) in [5.41, 5.74) is 4.64. The maximum Gasteiger partial charge on any atom is 0.251 e. The van der Waals surface area contributed by atoms with Gasteiger partial charge in [-0.05, 0) is 48.4 Å². The number of aryl methyl sites for hydroxylation is 1. The van der Waals surface area contributed by atoms with Crippen LogP contribution in [0.4, 0.5) is 5.82 Å². The van der Waals surface area contributed by atoms with Gasteiger partial charge in [-0.15, -0.1) is 0 Å². The summed E-state index contributed by atoms with van der Waals surface area (Å²) in [5.74, 6) is 1.12. The molecule has 1 N–H and O–H groups in total. The number of nitrogens with zero attached hydrogens (tertiary/aromatic N) is 2. The molecule has 1 aromatic heterocycles. The van der Waals surface area contributed by atoms with Gasteiger partial charge in [-0.3, -0.25) is 4.79 Å². The van der Waals surface area contributed by atoms with Crippen molar-refractivity contribution in [3.05, 3.63) is 96.1 Å². The van der Waals surface area contributed by atoms with Crippen molar-refractivity contribution in [2.24, 2.45) is 0 Å². The van der Waals surface area contributed by atoms with Crippen molar-refractivity contribution in [2.75, 3.05) is 19.0 Å². The monoisotopic (exact) mass is 427 g/mol. The maximum absolute atomic E-state index is 12.6. The van der Waals surface area contributed by atoms with Crippen LogP contribution in [0.5, 0.6) is 5.75 Å². The highest BCUT2D eigenvalue weighted by molar-refractivity contribution is 5.91. The van der Waals surface area contributed by atoms with Gasteiger partial charge in [-0.1, -0.05) is 48.5 Å². The van der Waals surface area contributed by atoms with Gasteiger partial charge in [0.15, 0.2) is 0 Å². The van der Waals surface area contributed by atoms with Gasteiger partial charge in [0.25, 0.3) is 5.91 Å². The number of methoxy groups -OCH3 is 1. The lowest BCUT2D eigenvalue weighted by Gasteiger charge is -2.11. The van der Waals surface area contributed by atoms with Crippen LogP contribution in [0.2, 0.25) is 0 Å². The van der Waals surface area contributed by atoms with Gasteiger partial charge in [-0.25, -0.2) is 4.68 Å². The molecule has 0 bridgehead atoms. The molecule has 0 fully saturated rings. The van der Waals surface area contributed by atoms with Crippen LogP contribution in [0.3, 0.4) is 0 Å². The molecule has 0 aliphatic rings. The second kappa shape index (κ2) is 9.94. The molecule has 0 saturated carbocycles. The van der Waals surface area contributed by atoms with Crippen molar-refractivity contribution in [3.63, 3.8) is 0 Å². The highest BCUT2D eigenvalue weighted by atomic mass is 16.5. The van der Waals surface area contributed by atoms with E-state index in [1.807, 2.05) is 91.9 Å². The summed E-state index contributed by atoms with van der Waals surface area (Å²) in [7, 11) is 1.63. The van der Waals surface area contributed by atoms with E-state index in [1.165, 1.54) is 0 Å². The number of para-hydroxylation sites is 1. The first kappa shape index (κ1) is 21.3. The molecule has 0 saturated heterocycles. The van der Waals surface area contributed by atoms with Gasteiger partial charge in [0.1, 0.15) is 18.2 Å². The van der Waals surface area contributed by atoms with Crippen molar-refractivity contribution in [1.82, 2.24) is 9.78 Å². The molecule has 0 spiro atoms. The number of hydrogen-bond acceptors (Lipinski definition) is 4. The summed E-state index contributed by atoms with van der Waals surface area (Å²) in [4.78, 5) is 12.6. The molecular weight excluding hydrogens is 402 g/mol. The van der Waals surface area contributed by atoms with Crippen molar-refractivity contribution < 1.29 is 14.3 Å². The Hall–Kier alpha value is -3.90. The molecule has 6 heteroatoms. The Morgan fingerprint density at radius 1 is 0.969 bits per heavy atom. The summed E-state index contributed by atoms with van der Waals surface area (Å²) in [6.45, 7) is 2.34. The van der Waals surface area contributed by atoms with Crippen molar-refractivity contribution in [1.29, 1.82) is 0 Å². The van der Waals surface area contributed by atoms with Crippen molar-refractivity contribution in [2.45, 2.75) is 13.5 Å². The van der Waals surface area contributed by atoms with Gasteiger partial charge < -0.3 is 14.8 Å². The molecule has 1 heterocycles. The van der Waals surface area contributed by atoms with Crippen molar-refractivity contribution in [3.8, 4) is 22.7 Å². The Balaban J connectivity index is 1.55. The Kier molecular flexibility index (Phi) is 6.63. The summed E-state index contributed by atoms with van der Waals surface area (Å²) >= 11 is 0. The first-order chi connectivity index (χ1) is 15.6. The van der Waals surface area contributed by atoms with E-state index in [1.54, 1.807) is 11.8 Å². The lowest BCUT2D eigenvalue weighted by atomic mass is 10.1. The second-order valence-corrected chi connectivity index (χ2v) is 7.37. The number of carbonyl (C=O) groups is 1. The number of aromatic nitrogens is 2. The predicted molar refractivity (Wildman–Crippen MR) is 125 cm³/mol. The van der Waals surface area contributed by atoms with Gasteiger partial charge in [0, 0.05) is 11.6 Å². The smallest absolute Gasteiger partial charge is 0.251 e. The molecule has 4 rings (SSSR count). The van der Waals surface area contributed by atoms with Crippen LogP contribution in [0, 0.1) is 6.92 Å². The molecule has 4 aromatic rings. The first-order valence-electron chi connectivity index (χ1n) is 10.4. The Morgan fingerprint density at radius 2 is 1.69 bits per heavy atom. The lowest BCUT2D eigenvalue weighted by molar-refractivity contribution is -0.121. The number of hydrogen-bond donors (Lipinski definition) is 1. The normalized spacial score (nSPS) is 10.7. The van der Waals surface area contributed by atoms with E-state index in [0.717, 1.165) is 33.8 Å². The van der Waals surface area contributed by atoms with E-state index in [-0.39, 0.29) is 12.5 Å². The second-order valence-electron chi connectivity index (χ2n) is 7.37. The third kappa shape index (κ3) is 5.04. The Bertz CT molecular complexity index is 1180. The van der Waals surface area contributed by atoms with E-state index in [2.05, 4.69) is 5.32 Å². The number of nitrogens with one attached hydrogen (secondary N) is 1. The zero-order chi connectivity index (χ0) is 22.3. The van der Waals surface area contributed by atoms with Gasteiger partial charge in [0.05, 0.1) is 25.1 Å². The average Bonchev–Trinajstić information content (AvgIpc) is 3.23. The number of amides is 1. The molecule has 32 heavy (non-hydrogen) atoms. The minimum Gasteiger partial charge on any atom is -0.497 e. The van der Waals surface area contributed by atoms with Crippen LogP contribution in [0.25, 0.3) is 16.9 Å². The fourth-order valence-corrected chi connectivity index (χ4v) is 3.37. The van der Waals surface area contributed by atoms with Crippen LogP contribution in [-0.2, 0) is 16.1 Å².